The van der Waals surface area contributed by atoms with Crippen LogP contribution in [-0.2, 0) is 11.2 Å². The molecular weight excluding hydrogens is 248 g/mol. The highest BCUT2D eigenvalue weighted by atomic mass is 35.5. The maximum absolute atomic E-state index is 11.9. The molecular formula is C14H19ClN2O. The number of nitrogens with one attached hydrogen (secondary N) is 1. The van der Waals surface area contributed by atoms with E-state index in [1.54, 1.807) is 0 Å². The summed E-state index contributed by atoms with van der Waals surface area (Å²) in [5, 5.41) is 3.78. The van der Waals surface area contributed by atoms with Gasteiger partial charge in [0.2, 0.25) is 5.91 Å². The second-order valence-corrected chi connectivity index (χ2v) is 5.39. The first-order chi connectivity index (χ1) is 8.63. The normalized spacial score (nSPS) is 17.7. The van der Waals surface area contributed by atoms with Crippen molar-refractivity contribution in [1.29, 1.82) is 0 Å². The molecule has 18 heavy (non-hydrogen) atoms. The zero-order chi connectivity index (χ0) is 13.0. The molecule has 1 amide bonds. The number of benzene rings is 1. The number of carbonyl (C=O) groups excluding carboxylic acids is 1. The van der Waals surface area contributed by atoms with Gasteiger partial charge in [0.15, 0.2) is 0 Å². The number of likely N-dealkylation sites (tertiary alicyclic amines) is 1. The van der Waals surface area contributed by atoms with Gasteiger partial charge in [0.05, 0.1) is 6.42 Å². The van der Waals surface area contributed by atoms with E-state index >= 15 is 0 Å². The molecule has 1 aliphatic rings. The highest BCUT2D eigenvalue weighted by molar-refractivity contribution is 6.30. The molecule has 1 aliphatic heterocycles. The number of halogens is 1. The summed E-state index contributed by atoms with van der Waals surface area (Å²) < 4.78 is 0. The molecule has 2 rings (SSSR count). The average Bonchev–Trinajstić information content (AvgIpc) is 2.32. The Morgan fingerprint density at radius 3 is 2.83 bits per heavy atom. The van der Waals surface area contributed by atoms with E-state index in [0.29, 0.717) is 17.5 Å². The first-order valence-corrected chi connectivity index (χ1v) is 6.73. The summed E-state index contributed by atoms with van der Waals surface area (Å²) in [7, 11) is 2.12. The van der Waals surface area contributed by atoms with E-state index in [1.165, 1.54) is 0 Å². The van der Waals surface area contributed by atoms with E-state index in [1.807, 2.05) is 24.3 Å². The van der Waals surface area contributed by atoms with Crippen LogP contribution in [0.2, 0.25) is 5.02 Å². The molecule has 1 N–H and O–H groups in total. The fourth-order valence-corrected chi connectivity index (χ4v) is 2.48. The minimum atomic E-state index is 0.0896. The number of carbonyl (C=O) groups is 1. The van der Waals surface area contributed by atoms with Gasteiger partial charge >= 0.3 is 0 Å². The monoisotopic (exact) mass is 266 g/mol. The Labute approximate surface area is 113 Å². The number of rotatable bonds is 3. The van der Waals surface area contributed by atoms with Gasteiger partial charge in [-0.2, -0.15) is 0 Å². The third kappa shape index (κ3) is 4.00. The summed E-state index contributed by atoms with van der Waals surface area (Å²) in [4.78, 5) is 14.2. The molecule has 0 radical (unpaired) electrons. The maximum atomic E-state index is 11.9. The van der Waals surface area contributed by atoms with Crippen molar-refractivity contribution in [2.24, 2.45) is 0 Å². The molecule has 0 aromatic heterocycles. The third-order valence-electron chi connectivity index (χ3n) is 3.34. The summed E-state index contributed by atoms with van der Waals surface area (Å²) >= 11 is 5.90. The van der Waals surface area contributed by atoms with Crippen LogP contribution in [0.15, 0.2) is 24.3 Å². The van der Waals surface area contributed by atoms with Crippen LogP contribution in [-0.4, -0.2) is 37.0 Å². The number of nitrogens with zero attached hydrogens (tertiary/aromatic N) is 1. The Morgan fingerprint density at radius 2 is 2.17 bits per heavy atom. The lowest BCUT2D eigenvalue weighted by molar-refractivity contribution is -0.121. The smallest absolute Gasteiger partial charge is 0.224 e. The lowest BCUT2D eigenvalue weighted by Crippen LogP contribution is -2.43. The van der Waals surface area contributed by atoms with Crippen LogP contribution in [0.3, 0.4) is 0 Å². The highest BCUT2D eigenvalue weighted by Crippen LogP contribution is 2.12. The fraction of sp³-hybridized carbons (Fsp3) is 0.500. The number of piperidine rings is 1. The standard InChI is InChI=1S/C14H19ClN2O/c1-17-7-5-13(6-8-17)16-14(18)10-11-3-2-4-12(15)9-11/h2-4,9,13H,5-8,10H2,1H3,(H,16,18). The lowest BCUT2D eigenvalue weighted by Gasteiger charge is -2.29. The zero-order valence-electron chi connectivity index (χ0n) is 10.7. The van der Waals surface area contributed by atoms with Crippen LogP contribution >= 0.6 is 11.6 Å². The summed E-state index contributed by atoms with van der Waals surface area (Å²) in [5.41, 5.74) is 0.966. The quantitative estimate of drug-likeness (QED) is 0.909. The largest absolute Gasteiger partial charge is 0.353 e. The topological polar surface area (TPSA) is 32.3 Å². The Hall–Kier alpha value is -1.06. The summed E-state index contributed by atoms with van der Waals surface area (Å²) in [6.45, 7) is 2.12. The molecule has 0 aliphatic carbocycles. The van der Waals surface area contributed by atoms with E-state index in [-0.39, 0.29) is 5.91 Å². The minimum Gasteiger partial charge on any atom is -0.353 e. The van der Waals surface area contributed by atoms with E-state index in [4.69, 9.17) is 11.6 Å². The van der Waals surface area contributed by atoms with Crippen molar-refractivity contribution in [3.8, 4) is 0 Å². The minimum absolute atomic E-state index is 0.0896. The summed E-state index contributed by atoms with van der Waals surface area (Å²) in [6.07, 6.45) is 2.49. The van der Waals surface area contributed by atoms with Crippen molar-refractivity contribution in [3.63, 3.8) is 0 Å². The van der Waals surface area contributed by atoms with Crippen LogP contribution in [0.4, 0.5) is 0 Å². The number of amides is 1. The van der Waals surface area contributed by atoms with Gasteiger partial charge in [-0.25, -0.2) is 0 Å². The van der Waals surface area contributed by atoms with E-state index in [9.17, 15) is 4.79 Å². The molecule has 1 heterocycles. The second kappa shape index (κ2) is 6.21. The van der Waals surface area contributed by atoms with Crippen molar-refractivity contribution in [3.05, 3.63) is 34.9 Å². The van der Waals surface area contributed by atoms with E-state index < -0.39 is 0 Å². The number of hydrogen-bond acceptors (Lipinski definition) is 2. The van der Waals surface area contributed by atoms with Crippen LogP contribution in [0.1, 0.15) is 18.4 Å². The second-order valence-electron chi connectivity index (χ2n) is 4.95. The molecule has 1 fully saturated rings. The first-order valence-electron chi connectivity index (χ1n) is 6.36. The summed E-state index contributed by atoms with van der Waals surface area (Å²) in [6, 6.07) is 7.80. The van der Waals surface area contributed by atoms with Crippen molar-refractivity contribution >= 4 is 17.5 Å². The van der Waals surface area contributed by atoms with Crippen LogP contribution < -0.4 is 5.32 Å². The van der Waals surface area contributed by atoms with Gasteiger partial charge in [0.1, 0.15) is 0 Å². The molecule has 1 aromatic rings. The fourth-order valence-electron chi connectivity index (χ4n) is 2.26. The van der Waals surface area contributed by atoms with Crippen LogP contribution in [0, 0.1) is 0 Å². The van der Waals surface area contributed by atoms with Gasteiger partial charge in [-0.3, -0.25) is 4.79 Å². The van der Waals surface area contributed by atoms with Crippen LogP contribution in [0.25, 0.3) is 0 Å². The Morgan fingerprint density at radius 1 is 1.44 bits per heavy atom. The SMILES string of the molecule is CN1CCC(NC(=O)Cc2cccc(Cl)c2)CC1. The molecule has 0 bridgehead atoms. The molecule has 4 heteroatoms. The van der Waals surface area contributed by atoms with Crippen molar-refractivity contribution in [2.45, 2.75) is 25.3 Å². The van der Waals surface area contributed by atoms with Gasteiger partial charge in [0.25, 0.3) is 0 Å². The molecule has 0 spiro atoms. The zero-order valence-corrected chi connectivity index (χ0v) is 11.4. The Kier molecular flexibility index (Phi) is 4.61. The van der Waals surface area contributed by atoms with Crippen molar-refractivity contribution in [1.82, 2.24) is 10.2 Å². The molecule has 3 nitrogen and oxygen atoms in total. The predicted octanol–water partition coefficient (Wildman–Crippen LogP) is 2.09. The van der Waals surface area contributed by atoms with Gasteiger partial charge in [-0.1, -0.05) is 23.7 Å². The highest BCUT2D eigenvalue weighted by Gasteiger charge is 2.18. The molecule has 1 aromatic carbocycles. The Balaban J connectivity index is 1.82. The van der Waals surface area contributed by atoms with E-state index in [0.717, 1.165) is 31.5 Å². The molecule has 98 valence electrons. The molecule has 0 unspecified atom stereocenters. The van der Waals surface area contributed by atoms with Gasteiger partial charge in [0, 0.05) is 11.1 Å². The van der Waals surface area contributed by atoms with Gasteiger partial charge in [-0.05, 0) is 50.7 Å². The molecule has 1 saturated heterocycles. The maximum Gasteiger partial charge on any atom is 0.224 e. The van der Waals surface area contributed by atoms with Gasteiger partial charge < -0.3 is 10.2 Å². The van der Waals surface area contributed by atoms with Crippen molar-refractivity contribution < 1.29 is 4.79 Å². The molecule has 0 atom stereocenters. The van der Waals surface area contributed by atoms with E-state index in [2.05, 4.69) is 17.3 Å². The average molecular weight is 267 g/mol. The van der Waals surface area contributed by atoms with Gasteiger partial charge in [-0.15, -0.1) is 0 Å². The predicted molar refractivity (Wildman–Crippen MR) is 73.8 cm³/mol. The molecule has 0 saturated carbocycles. The van der Waals surface area contributed by atoms with Crippen LogP contribution in [0.5, 0.6) is 0 Å². The Bertz CT molecular complexity index is 414. The first kappa shape index (κ1) is 13.4. The number of hydrogen-bond donors (Lipinski definition) is 1. The summed E-state index contributed by atoms with van der Waals surface area (Å²) in [5.74, 6) is 0.0896. The lowest BCUT2D eigenvalue weighted by atomic mass is 10.0. The third-order valence-corrected chi connectivity index (χ3v) is 3.57. The van der Waals surface area contributed by atoms with Crippen molar-refractivity contribution in [2.75, 3.05) is 20.1 Å².